The van der Waals surface area contributed by atoms with Crippen LogP contribution in [0.2, 0.25) is 0 Å². The largest absolute Gasteiger partial charge is 0.450 e. The summed E-state index contributed by atoms with van der Waals surface area (Å²) in [6.07, 6.45) is 3.82. The first-order chi connectivity index (χ1) is 9.52. The normalized spacial score (nSPS) is 16.3. The number of piperidine rings is 1. The van der Waals surface area contributed by atoms with E-state index in [9.17, 15) is 9.59 Å². The van der Waals surface area contributed by atoms with Gasteiger partial charge in [-0.3, -0.25) is 4.79 Å². The van der Waals surface area contributed by atoms with E-state index in [0.717, 1.165) is 38.8 Å². The zero-order valence-corrected chi connectivity index (χ0v) is 13.0. The fourth-order valence-electron chi connectivity index (χ4n) is 2.27. The molecule has 0 atom stereocenters. The predicted octanol–water partition coefficient (Wildman–Crippen LogP) is 2.55. The maximum Gasteiger partial charge on any atom is 0.407 e. The van der Waals surface area contributed by atoms with Gasteiger partial charge in [0.05, 0.1) is 6.61 Å². The summed E-state index contributed by atoms with van der Waals surface area (Å²) in [5, 5.41) is 2.88. The van der Waals surface area contributed by atoms with Crippen molar-refractivity contribution in [1.29, 1.82) is 0 Å². The standard InChI is InChI=1S/C15H28N2O3/c1-4-5-10-20-15(19)16-13-6-8-17(9-7-13)14(18)11-12(2)3/h12-13H,4-11H2,1-3H3,(H,16,19). The molecule has 1 aliphatic heterocycles. The van der Waals surface area contributed by atoms with Gasteiger partial charge < -0.3 is 15.0 Å². The third-order valence-electron chi connectivity index (χ3n) is 3.48. The van der Waals surface area contributed by atoms with Crippen LogP contribution in [0.3, 0.4) is 0 Å². The molecule has 0 aromatic carbocycles. The van der Waals surface area contributed by atoms with E-state index in [-0.39, 0.29) is 18.0 Å². The fourth-order valence-corrected chi connectivity index (χ4v) is 2.27. The molecule has 0 aromatic heterocycles. The Morgan fingerprint density at radius 2 is 1.95 bits per heavy atom. The first-order valence-corrected chi connectivity index (χ1v) is 7.74. The molecule has 0 aliphatic carbocycles. The van der Waals surface area contributed by atoms with Gasteiger partial charge in [0.1, 0.15) is 0 Å². The maximum absolute atomic E-state index is 11.9. The number of hydrogen-bond acceptors (Lipinski definition) is 3. The lowest BCUT2D eigenvalue weighted by atomic mass is 10.0. The summed E-state index contributed by atoms with van der Waals surface area (Å²) >= 11 is 0. The van der Waals surface area contributed by atoms with Crippen LogP contribution in [0.4, 0.5) is 4.79 Å². The molecular formula is C15H28N2O3. The van der Waals surface area contributed by atoms with Crippen molar-refractivity contribution in [3.8, 4) is 0 Å². The van der Waals surface area contributed by atoms with E-state index in [0.29, 0.717) is 18.9 Å². The molecule has 1 aliphatic rings. The monoisotopic (exact) mass is 284 g/mol. The summed E-state index contributed by atoms with van der Waals surface area (Å²) in [4.78, 5) is 25.4. The zero-order valence-electron chi connectivity index (χ0n) is 13.0. The number of ether oxygens (including phenoxy) is 1. The molecule has 0 spiro atoms. The van der Waals surface area contributed by atoms with Crippen LogP contribution in [0, 0.1) is 5.92 Å². The topological polar surface area (TPSA) is 58.6 Å². The fraction of sp³-hybridized carbons (Fsp3) is 0.867. The number of alkyl carbamates (subject to hydrolysis) is 1. The van der Waals surface area contributed by atoms with Crippen LogP contribution in [0.25, 0.3) is 0 Å². The Hall–Kier alpha value is -1.26. The third kappa shape index (κ3) is 6.26. The number of carbonyl (C=O) groups excluding carboxylic acids is 2. The molecular weight excluding hydrogens is 256 g/mol. The highest BCUT2D eigenvalue weighted by atomic mass is 16.5. The lowest BCUT2D eigenvalue weighted by molar-refractivity contribution is -0.133. The Morgan fingerprint density at radius 1 is 1.30 bits per heavy atom. The molecule has 1 heterocycles. The van der Waals surface area contributed by atoms with E-state index in [1.807, 2.05) is 4.90 Å². The molecule has 1 rings (SSSR count). The highest BCUT2D eigenvalue weighted by Gasteiger charge is 2.24. The van der Waals surface area contributed by atoms with Crippen LogP contribution >= 0.6 is 0 Å². The van der Waals surface area contributed by atoms with Crippen molar-refractivity contribution in [2.24, 2.45) is 5.92 Å². The summed E-state index contributed by atoms with van der Waals surface area (Å²) in [5.41, 5.74) is 0. The summed E-state index contributed by atoms with van der Waals surface area (Å²) in [7, 11) is 0. The number of nitrogens with zero attached hydrogens (tertiary/aromatic N) is 1. The van der Waals surface area contributed by atoms with E-state index < -0.39 is 0 Å². The average Bonchev–Trinajstić information content (AvgIpc) is 2.39. The van der Waals surface area contributed by atoms with Crippen LogP contribution in [-0.4, -0.2) is 42.6 Å². The zero-order chi connectivity index (χ0) is 15.0. The molecule has 1 fully saturated rings. The van der Waals surface area contributed by atoms with Gasteiger partial charge >= 0.3 is 6.09 Å². The molecule has 20 heavy (non-hydrogen) atoms. The SMILES string of the molecule is CCCCOC(=O)NC1CCN(C(=O)CC(C)C)CC1. The van der Waals surface area contributed by atoms with Crippen molar-refractivity contribution in [2.45, 2.75) is 58.9 Å². The van der Waals surface area contributed by atoms with Crippen molar-refractivity contribution in [3.63, 3.8) is 0 Å². The Kier molecular flexibility index (Phi) is 7.41. The van der Waals surface area contributed by atoms with Gasteiger partial charge in [0.25, 0.3) is 0 Å². The third-order valence-corrected chi connectivity index (χ3v) is 3.48. The van der Waals surface area contributed by atoms with E-state index in [1.165, 1.54) is 0 Å². The van der Waals surface area contributed by atoms with E-state index in [4.69, 9.17) is 4.74 Å². The quantitative estimate of drug-likeness (QED) is 0.763. The Balaban J connectivity index is 2.21. The lowest BCUT2D eigenvalue weighted by Crippen LogP contribution is -2.46. The average molecular weight is 284 g/mol. The first kappa shape index (κ1) is 16.8. The maximum atomic E-state index is 11.9. The van der Waals surface area contributed by atoms with Crippen LogP contribution in [0.15, 0.2) is 0 Å². The Bertz CT molecular complexity index is 310. The van der Waals surface area contributed by atoms with Crippen molar-refractivity contribution >= 4 is 12.0 Å². The van der Waals surface area contributed by atoms with Crippen LogP contribution in [0.1, 0.15) is 52.9 Å². The van der Waals surface area contributed by atoms with Crippen molar-refractivity contribution in [2.75, 3.05) is 19.7 Å². The summed E-state index contributed by atoms with van der Waals surface area (Å²) < 4.78 is 5.08. The van der Waals surface area contributed by atoms with Crippen LogP contribution < -0.4 is 5.32 Å². The molecule has 1 saturated heterocycles. The molecule has 2 amide bonds. The summed E-state index contributed by atoms with van der Waals surface area (Å²) in [5.74, 6) is 0.621. The highest BCUT2D eigenvalue weighted by Crippen LogP contribution is 2.13. The minimum absolute atomic E-state index is 0.132. The Morgan fingerprint density at radius 3 is 2.50 bits per heavy atom. The highest BCUT2D eigenvalue weighted by molar-refractivity contribution is 5.76. The van der Waals surface area contributed by atoms with Gasteiger partial charge in [0.15, 0.2) is 0 Å². The molecule has 0 unspecified atom stereocenters. The number of hydrogen-bond donors (Lipinski definition) is 1. The van der Waals surface area contributed by atoms with Gasteiger partial charge in [-0.05, 0) is 25.2 Å². The van der Waals surface area contributed by atoms with Crippen molar-refractivity contribution in [1.82, 2.24) is 10.2 Å². The minimum Gasteiger partial charge on any atom is -0.450 e. The first-order valence-electron chi connectivity index (χ1n) is 7.74. The second-order valence-electron chi connectivity index (χ2n) is 5.89. The van der Waals surface area contributed by atoms with Gasteiger partial charge in [-0.15, -0.1) is 0 Å². The number of rotatable bonds is 6. The molecule has 0 saturated carbocycles. The van der Waals surface area contributed by atoms with Gasteiger partial charge in [-0.25, -0.2) is 4.79 Å². The molecule has 116 valence electrons. The number of amides is 2. The second-order valence-corrected chi connectivity index (χ2v) is 5.89. The molecule has 5 heteroatoms. The number of likely N-dealkylation sites (tertiary alicyclic amines) is 1. The van der Waals surface area contributed by atoms with E-state index in [1.54, 1.807) is 0 Å². The number of unbranched alkanes of at least 4 members (excludes halogenated alkanes) is 1. The summed E-state index contributed by atoms with van der Waals surface area (Å²) in [6.45, 7) is 8.10. The smallest absolute Gasteiger partial charge is 0.407 e. The minimum atomic E-state index is -0.328. The summed E-state index contributed by atoms with van der Waals surface area (Å²) in [6, 6.07) is 0.132. The van der Waals surface area contributed by atoms with Gasteiger partial charge in [0.2, 0.25) is 5.91 Å². The number of nitrogens with one attached hydrogen (secondary N) is 1. The van der Waals surface area contributed by atoms with E-state index >= 15 is 0 Å². The van der Waals surface area contributed by atoms with Crippen LogP contribution in [-0.2, 0) is 9.53 Å². The second kappa shape index (κ2) is 8.82. The molecule has 1 N–H and O–H groups in total. The van der Waals surface area contributed by atoms with Gasteiger partial charge in [-0.2, -0.15) is 0 Å². The molecule has 5 nitrogen and oxygen atoms in total. The van der Waals surface area contributed by atoms with Gasteiger partial charge in [0, 0.05) is 25.6 Å². The lowest BCUT2D eigenvalue weighted by Gasteiger charge is -2.32. The van der Waals surface area contributed by atoms with E-state index in [2.05, 4.69) is 26.1 Å². The number of carbonyl (C=O) groups is 2. The van der Waals surface area contributed by atoms with Crippen LogP contribution in [0.5, 0.6) is 0 Å². The molecule has 0 bridgehead atoms. The Labute approximate surface area is 122 Å². The van der Waals surface area contributed by atoms with Crippen molar-refractivity contribution < 1.29 is 14.3 Å². The molecule has 0 radical (unpaired) electrons. The van der Waals surface area contributed by atoms with Crippen molar-refractivity contribution in [3.05, 3.63) is 0 Å². The molecule has 0 aromatic rings. The van der Waals surface area contributed by atoms with Gasteiger partial charge in [-0.1, -0.05) is 27.2 Å². The predicted molar refractivity (Wildman–Crippen MR) is 78.4 cm³/mol.